The smallest absolute Gasteiger partial charge is 0.103 e. The zero-order valence-electron chi connectivity index (χ0n) is 9.10. The van der Waals surface area contributed by atoms with Gasteiger partial charge in [0.15, 0.2) is 0 Å². The Morgan fingerprint density at radius 2 is 2.29 bits per heavy atom. The molecule has 0 fully saturated rings. The van der Waals surface area contributed by atoms with Crippen LogP contribution in [0.15, 0.2) is 36.7 Å². The molecule has 86 valence electrons. The molecule has 0 aliphatic heterocycles. The van der Waals surface area contributed by atoms with Crippen molar-refractivity contribution in [2.45, 2.75) is 6.54 Å². The molecule has 1 aromatic carbocycles. The van der Waals surface area contributed by atoms with Crippen LogP contribution < -0.4 is 5.32 Å². The van der Waals surface area contributed by atoms with Gasteiger partial charge in [-0.2, -0.15) is 10.4 Å². The van der Waals surface area contributed by atoms with E-state index in [1.54, 1.807) is 12.3 Å². The van der Waals surface area contributed by atoms with Gasteiger partial charge in [-0.25, -0.2) is 0 Å². The summed E-state index contributed by atoms with van der Waals surface area (Å²) in [6, 6.07) is 9.33. The minimum absolute atomic E-state index is 0.469. The molecular weight excluding hydrogens is 236 g/mol. The minimum Gasteiger partial charge on any atom is -0.382 e. The molecule has 0 atom stereocenters. The van der Waals surface area contributed by atoms with Crippen molar-refractivity contribution >= 4 is 17.3 Å². The average molecular weight is 247 g/mol. The van der Waals surface area contributed by atoms with Gasteiger partial charge in [0.1, 0.15) is 6.07 Å². The van der Waals surface area contributed by atoms with Crippen LogP contribution in [0.25, 0.3) is 0 Å². The summed E-state index contributed by atoms with van der Waals surface area (Å²) >= 11 is 5.93. The van der Waals surface area contributed by atoms with E-state index in [1.807, 2.05) is 29.1 Å². The lowest BCUT2D eigenvalue weighted by Gasteiger charge is -2.08. The number of nitrogens with one attached hydrogen (secondary N) is 1. The van der Waals surface area contributed by atoms with Crippen LogP contribution in [0.4, 0.5) is 5.69 Å². The number of benzene rings is 1. The zero-order chi connectivity index (χ0) is 12.1. The monoisotopic (exact) mass is 246 g/mol. The second kappa shape index (κ2) is 5.37. The topological polar surface area (TPSA) is 53.6 Å². The fourth-order valence-electron chi connectivity index (χ4n) is 1.52. The molecule has 1 heterocycles. The Morgan fingerprint density at radius 3 is 3.00 bits per heavy atom. The van der Waals surface area contributed by atoms with Crippen LogP contribution in [0.5, 0.6) is 0 Å². The van der Waals surface area contributed by atoms with Crippen LogP contribution in [-0.4, -0.2) is 16.3 Å². The Kier molecular flexibility index (Phi) is 3.63. The molecule has 2 rings (SSSR count). The maximum atomic E-state index is 8.99. The van der Waals surface area contributed by atoms with Crippen molar-refractivity contribution in [3.05, 3.63) is 47.2 Å². The first kappa shape index (κ1) is 11.5. The van der Waals surface area contributed by atoms with Gasteiger partial charge in [0.25, 0.3) is 0 Å². The van der Waals surface area contributed by atoms with E-state index in [0.717, 1.165) is 12.2 Å². The molecule has 0 unspecified atom stereocenters. The predicted molar refractivity (Wildman–Crippen MR) is 66.9 cm³/mol. The van der Waals surface area contributed by atoms with Gasteiger partial charge in [-0.15, -0.1) is 0 Å². The van der Waals surface area contributed by atoms with Crippen molar-refractivity contribution in [3.63, 3.8) is 0 Å². The van der Waals surface area contributed by atoms with Crippen molar-refractivity contribution in [1.82, 2.24) is 9.78 Å². The van der Waals surface area contributed by atoms with Crippen LogP contribution in [0.2, 0.25) is 5.02 Å². The molecule has 1 N–H and O–H groups in total. The maximum Gasteiger partial charge on any atom is 0.103 e. The highest BCUT2D eigenvalue weighted by atomic mass is 35.5. The summed E-state index contributed by atoms with van der Waals surface area (Å²) in [6.07, 6.45) is 3.63. The number of hydrogen-bond donors (Lipinski definition) is 1. The summed E-state index contributed by atoms with van der Waals surface area (Å²) in [5.41, 5.74) is 1.24. The molecule has 0 spiro atoms. The standard InChI is InChI=1S/C12H11ClN4/c13-11-3-1-4-12(10(11)9-14)15-6-8-17-7-2-5-16-17/h1-5,7,15H,6,8H2. The van der Waals surface area contributed by atoms with Gasteiger partial charge in [-0.05, 0) is 18.2 Å². The van der Waals surface area contributed by atoms with E-state index in [-0.39, 0.29) is 0 Å². The number of nitriles is 1. The summed E-state index contributed by atoms with van der Waals surface area (Å²) in [4.78, 5) is 0. The summed E-state index contributed by atoms with van der Waals surface area (Å²) in [6.45, 7) is 1.43. The third-order valence-corrected chi connectivity index (χ3v) is 2.66. The molecule has 0 aliphatic carbocycles. The van der Waals surface area contributed by atoms with Gasteiger partial charge in [-0.3, -0.25) is 4.68 Å². The number of nitrogens with zero attached hydrogens (tertiary/aromatic N) is 3. The van der Waals surface area contributed by atoms with Gasteiger partial charge < -0.3 is 5.32 Å². The number of hydrogen-bond acceptors (Lipinski definition) is 3. The number of anilines is 1. The lowest BCUT2D eigenvalue weighted by atomic mass is 10.2. The Morgan fingerprint density at radius 1 is 1.41 bits per heavy atom. The molecule has 4 nitrogen and oxygen atoms in total. The van der Waals surface area contributed by atoms with Crippen LogP contribution in [0, 0.1) is 11.3 Å². The average Bonchev–Trinajstić information content (AvgIpc) is 2.82. The van der Waals surface area contributed by atoms with E-state index >= 15 is 0 Å². The highest BCUT2D eigenvalue weighted by molar-refractivity contribution is 6.32. The Balaban J connectivity index is 2.00. The lowest BCUT2D eigenvalue weighted by molar-refractivity contribution is 0.638. The van der Waals surface area contributed by atoms with Crippen LogP contribution in [-0.2, 0) is 6.54 Å². The first-order valence-electron chi connectivity index (χ1n) is 5.21. The normalized spacial score (nSPS) is 9.88. The van der Waals surface area contributed by atoms with Gasteiger partial charge in [0.2, 0.25) is 0 Å². The van der Waals surface area contributed by atoms with E-state index < -0.39 is 0 Å². The zero-order valence-corrected chi connectivity index (χ0v) is 9.85. The molecule has 0 aliphatic rings. The number of aromatic nitrogens is 2. The van der Waals surface area contributed by atoms with Crippen molar-refractivity contribution in [3.8, 4) is 6.07 Å². The molecule has 0 amide bonds. The summed E-state index contributed by atoms with van der Waals surface area (Å²) in [5.74, 6) is 0. The van der Waals surface area contributed by atoms with Crippen molar-refractivity contribution in [2.24, 2.45) is 0 Å². The third-order valence-electron chi connectivity index (χ3n) is 2.34. The molecular formula is C12H11ClN4. The minimum atomic E-state index is 0.469. The summed E-state index contributed by atoms with van der Waals surface area (Å²) < 4.78 is 1.82. The van der Waals surface area contributed by atoms with Gasteiger partial charge >= 0.3 is 0 Å². The summed E-state index contributed by atoms with van der Waals surface area (Å²) in [7, 11) is 0. The van der Waals surface area contributed by atoms with E-state index in [2.05, 4.69) is 16.5 Å². The first-order valence-corrected chi connectivity index (χ1v) is 5.59. The van der Waals surface area contributed by atoms with Crippen molar-refractivity contribution < 1.29 is 0 Å². The van der Waals surface area contributed by atoms with E-state index in [0.29, 0.717) is 17.1 Å². The van der Waals surface area contributed by atoms with Crippen LogP contribution in [0.3, 0.4) is 0 Å². The Labute approximate surface area is 104 Å². The molecule has 0 saturated heterocycles. The van der Waals surface area contributed by atoms with Crippen molar-refractivity contribution in [2.75, 3.05) is 11.9 Å². The predicted octanol–water partition coefficient (Wildman–Crippen LogP) is 2.52. The lowest BCUT2D eigenvalue weighted by Crippen LogP contribution is -2.11. The molecule has 1 aromatic heterocycles. The summed E-state index contributed by atoms with van der Waals surface area (Å²) in [5, 5.41) is 16.7. The number of halogens is 1. The van der Waals surface area contributed by atoms with Gasteiger partial charge in [0.05, 0.1) is 22.8 Å². The van der Waals surface area contributed by atoms with E-state index in [9.17, 15) is 0 Å². The maximum absolute atomic E-state index is 8.99. The van der Waals surface area contributed by atoms with E-state index in [1.165, 1.54) is 0 Å². The Bertz CT molecular complexity index is 528. The van der Waals surface area contributed by atoms with Crippen LogP contribution in [0.1, 0.15) is 5.56 Å². The molecule has 2 aromatic rings. The van der Waals surface area contributed by atoms with E-state index in [4.69, 9.17) is 16.9 Å². The largest absolute Gasteiger partial charge is 0.382 e. The fourth-order valence-corrected chi connectivity index (χ4v) is 1.74. The molecule has 0 radical (unpaired) electrons. The van der Waals surface area contributed by atoms with Crippen molar-refractivity contribution in [1.29, 1.82) is 5.26 Å². The van der Waals surface area contributed by atoms with Crippen LogP contribution >= 0.6 is 11.6 Å². The molecule has 17 heavy (non-hydrogen) atoms. The highest BCUT2D eigenvalue weighted by Crippen LogP contribution is 2.22. The SMILES string of the molecule is N#Cc1c(Cl)cccc1NCCn1cccn1. The fraction of sp³-hybridized carbons (Fsp3) is 0.167. The molecule has 0 saturated carbocycles. The van der Waals surface area contributed by atoms with Gasteiger partial charge in [-0.1, -0.05) is 17.7 Å². The second-order valence-electron chi connectivity index (χ2n) is 3.47. The highest BCUT2D eigenvalue weighted by Gasteiger charge is 2.05. The third kappa shape index (κ3) is 2.77. The number of rotatable bonds is 4. The molecule has 0 bridgehead atoms. The second-order valence-corrected chi connectivity index (χ2v) is 3.88. The first-order chi connectivity index (χ1) is 8.31. The quantitative estimate of drug-likeness (QED) is 0.902. The molecule has 5 heteroatoms. The van der Waals surface area contributed by atoms with Gasteiger partial charge in [0, 0.05) is 18.9 Å². The Hall–Kier alpha value is -1.99.